The number of rotatable bonds is 2. The summed E-state index contributed by atoms with van der Waals surface area (Å²) in [6.45, 7) is 6.13. The number of hydrogen-bond acceptors (Lipinski definition) is 1. The van der Waals surface area contributed by atoms with Gasteiger partial charge in [-0.1, -0.05) is 29.8 Å². The van der Waals surface area contributed by atoms with Crippen molar-refractivity contribution in [3.05, 3.63) is 41.0 Å². The van der Waals surface area contributed by atoms with Gasteiger partial charge in [0, 0.05) is 13.1 Å². The van der Waals surface area contributed by atoms with E-state index in [9.17, 15) is 0 Å². The number of hydrogen-bond donors (Lipinski definition) is 1. The van der Waals surface area contributed by atoms with Crippen molar-refractivity contribution in [3.8, 4) is 0 Å². The van der Waals surface area contributed by atoms with Crippen molar-refractivity contribution in [2.24, 2.45) is 0 Å². The third-order valence-electron chi connectivity index (χ3n) is 3.15. The highest BCUT2D eigenvalue weighted by atomic mass is 15.1. The second kappa shape index (κ2) is 4.52. The Kier molecular flexibility index (Phi) is 3.09. The molecule has 0 saturated heterocycles. The summed E-state index contributed by atoms with van der Waals surface area (Å²) in [5, 5.41) is 7.21. The summed E-state index contributed by atoms with van der Waals surface area (Å²) in [6, 6.07) is 6.63. The minimum Gasteiger partial charge on any atom is -0.359 e. The van der Waals surface area contributed by atoms with Gasteiger partial charge >= 0.3 is 0 Å². The molecule has 0 radical (unpaired) electrons. The fraction of sp³-hybridized carbons (Fsp3) is 0.357. The SMILES string of the molecule is Cc1ccc(C2=CCN(C=N)CC2)c(C)c1. The first kappa shape index (κ1) is 10.9. The van der Waals surface area contributed by atoms with Gasteiger partial charge in [-0.2, -0.15) is 0 Å². The van der Waals surface area contributed by atoms with Crippen molar-refractivity contribution in [2.75, 3.05) is 13.1 Å². The molecule has 0 amide bonds. The first-order valence-electron chi connectivity index (χ1n) is 5.72. The van der Waals surface area contributed by atoms with Crippen molar-refractivity contribution in [1.82, 2.24) is 4.90 Å². The van der Waals surface area contributed by atoms with E-state index in [0.29, 0.717) is 0 Å². The van der Waals surface area contributed by atoms with Crippen LogP contribution >= 0.6 is 0 Å². The van der Waals surface area contributed by atoms with Gasteiger partial charge in [0.05, 0.1) is 6.34 Å². The zero-order chi connectivity index (χ0) is 11.5. The molecule has 0 fully saturated rings. The Bertz CT molecular complexity index is 432. The van der Waals surface area contributed by atoms with Gasteiger partial charge in [0.1, 0.15) is 0 Å². The van der Waals surface area contributed by atoms with E-state index in [2.05, 4.69) is 38.1 Å². The average molecular weight is 214 g/mol. The van der Waals surface area contributed by atoms with Crippen LogP contribution in [0.25, 0.3) is 5.57 Å². The predicted molar refractivity (Wildman–Crippen MR) is 68.9 cm³/mol. The monoisotopic (exact) mass is 214 g/mol. The summed E-state index contributed by atoms with van der Waals surface area (Å²) < 4.78 is 0. The van der Waals surface area contributed by atoms with Crippen molar-refractivity contribution >= 4 is 11.9 Å². The van der Waals surface area contributed by atoms with Gasteiger partial charge in [0.15, 0.2) is 0 Å². The summed E-state index contributed by atoms with van der Waals surface area (Å²) >= 11 is 0. The Hall–Kier alpha value is -1.57. The molecule has 1 aliphatic rings. The Balaban J connectivity index is 2.25. The normalized spacial score (nSPS) is 15.9. The molecule has 0 atom stereocenters. The summed E-state index contributed by atoms with van der Waals surface area (Å²) in [5.74, 6) is 0. The average Bonchev–Trinajstić information content (AvgIpc) is 2.29. The van der Waals surface area contributed by atoms with E-state index in [1.54, 1.807) is 0 Å². The van der Waals surface area contributed by atoms with Crippen LogP contribution in [0.2, 0.25) is 0 Å². The molecule has 0 bridgehead atoms. The lowest BCUT2D eigenvalue weighted by molar-refractivity contribution is 0.470. The molecule has 0 aromatic heterocycles. The standard InChI is InChI=1S/C14H18N2/c1-11-3-4-14(12(2)9-11)13-5-7-16(10-15)8-6-13/h3-5,9-10,15H,6-8H2,1-2H3. The zero-order valence-electron chi connectivity index (χ0n) is 9.96. The van der Waals surface area contributed by atoms with Crippen LogP contribution in [-0.2, 0) is 0 Å². The van der Waals surface area contributed by atoms with E-state index < -0.39 is 0 Å². The quantitative estimate of drug-likeness (QED) is 0.594. The molecular weight excluding hydrogens is 196 g/mol. The molecule has 2 nitrogen and oxygen atoms in total. The van der Waals surface area contributed by atoms with Crippen molar-refractivity contribution in [2.45, 2.75) is 20.3 Å². The van der Waals surface area contributed by atoms with Crippen LogP contribution < -0.4 is 0 Å². The largest absolute Gasteiger partial charge is 0.359 e. The first-order valence-corrected chi connectivity index (χ1v) is 5.72. The van der Waals surface area contributed by atoms with Gasteiger partial charge in [0.25, 0.3) is 0 Å². The van der Waals surface area contributed by atoms with Crippen LogP contribution in [0, 0.1) is 19.3 Å². The Labute approximate surface area is 97.1 Å². The van der Waals surface area contributed by atoms with Crippen LogP contribution in [-0.4, -0.2) is 24.3 Å². The van der Waals surface area contributed by atoms with Crippen molar-refractivity contribution in [3.63, 3.8) is 0 Å². The summed E-state index contributed by atoms with van der Waals surface area (Å²) in [7, 11) is 0. The molecule has 84 valence electrons. The van der Waals surface area contributed by atoms with Crippen LogP contribution in [0.4, 0.5) is 0 Å². The summed E-state index contributed by atoms with van der Waals surface area (Å²) in [6.07, 6.45) is 4.71. The molecule has 1 aromatic carbocycles. The van der Waals surface area contributed by atoms with Crippen LogP contribution in [0.5, 0.6) is 0 Å². The van der Waals surface area contributed by atoms with Gasteiger partial charge in [0.2, 0.25) is 0 Å². The lowest BCUT2D eigenvalue weighted by Crippen LogP contribution is -2.26. The van der Waals surface area contributed by atoms with Gasteiger partial charge in [-0.25, -0.2) is 0 Å². The number of nitrogens with one attached hydrogen (secondary N) is 1. The van der Waals surface area contributed by atoms with Gasteiger partial charge in [-0.15, -0.1) is 0 Å². The Morgan fingerprint density at radius 1 is 1.31 bits per heavy atom. The smallest absolute Gasteiger partial charge is 0.0820 e. The van der Waals surface area contributed by atoms with E-state index in [4.69, 9.17) is 5.41 Å². The van der Waals surface area contributed by atoms with Gasteiger partial charge in [-0.05, 0) is 37.0 Å². The second-order valence-electron chi connectivity index (χ2n) is 4.42. The molecule has 0 unspecified atom stereocenters. The molecule has 0 saturated carbocycles. The van der Waals surface area contributed by atoms with E-state index in [1.165, 1.54) is 28.6 Å². The molecule has 16 heavy (non-hydrogen) atoms. The van der Waals surface area contributed by atoms with Crippen molar-refractivity contribution in [1.29, 1.82) is 5.41 Å². The molecule has 1 heterocycles. The fourth-order valence-corrected chi connectivity index (χ4v) is 2.22. The van der Waals surface area contributed by atoms with Crippen LogP contribution in [0.1, 0.15) is 23.1 Å². The third kappa shape index (κ3) is 2.16. The van der Waals surface area contributed by atoms with Crippen LogP contribution in [0.15, 0.2) is 24.3 Å². The Morgan fingerprint density at radius 3 is 2.69 bits per heavy atom. The molecule has 0 spiro atoms. The molecule has 2 heteroatoms. The molecule has 2 rings (SSSR count). The maximum absolute atomic E-state index is 7.21. The maximum atomic E-state index is 7.21. The minimum atomic E-state index is 0.867. The van der Waals surface area contributed by atoms with E-state index in [-0.39, 0.29) is 0 Å². The first-order chi connectivity index (χ1) is 7.70. The van der Waals surface area contributed by atoms with E-state index >= 15 is 0 Å². The van der Waals surface area contributed by atoms with Crippen molar-refractivity contribution < 1.29 is 0 Å². The zero-order valence-corrected chi connectivity index (χ0v) is 9.96. The highest BCUT2D eigenvalue weighted by Gasteiger charge is 2.11. The molecule has 0 aliphatic carbocycles. The number of benzene rings is 1. The lowest BCUT2D eigenvalue weighted by atomic mass is 9.94. The lowest BCUT2D eigenvalue weighted by Gasteiger charge is -2.24. The molecule has 1 N–H and O–H groups in total. The molecule has 1 aliphatic heterocycles. The summed E-state index contributed by atoms with van der Waals surface area (Å²) in [4.78, 5) is 2.02. The maximum Gasteiger partial charge on any atom is 0.0820 e. The Morgan fingerprint density at radius 2 is 2.12 bits per heavy atom. The number of nitrogens with zero attached hydrogens (tertiary/aromatic N) is 1. The summed E-state index contributed by atoms with van der Waals surface area (Å²) in [5.41, 5.74) is 5.47. The third-order valence-corrected chi connectivity index (χ3v) is 3.15. The van der Waals surface area contributed by atoms with Gasteiger partial charge < -0.3 is 4.90 Å². The van der Waals surface area contributed by atoms with E-state index in [0.717, 1.165) is 19.5 Å². The fourth-order valence-electron chi connectivity index (χ4n) is 2.22. The highest BCUT2D eigenvalue weighted by molar-refractivity contribution is 5.70. The predicted octanol–water partition coefficient (Wildman–Crippen LogP) is 3.00. The number of aryl methyl sites for hydroxylation is 2. The second-order valence-corrected chi connectivity index (χ2v) is 4.42. The van der Waals surface area contributed by atoms with E-state index in [1.807, 2.05) is 4.90 Å². The van der Waals surface area contributed by atoms with Gasteiger partial charge in [-0.3, -0.25) is 5.41 Å². The highest BCUT2D eigenvalue weighted by Crippen LogP contribution is 2.25. The molecular formula is C14H18N2. The minimum absolute atomic E-state index is 0.867. The van der Waals surface area contributed by atoms with Crippen LogP contribution in [0.3, 0.4) is 0 Å². The molecule has 1 aromatic rings. The topological polar surface area (TPSA) is 27.1 Å².